The Morgan fingerprint density at radius 2 is 1.77 bits per heavy atom. The quantitative estimate of drug-likeness (QED) is 0.692. The fourth-order valence-corrected chi connectivity index (χ4v) is 3.92. The molecule has 0 spiro atoms. The Kier molecular flexibility index (Phi) is 4.93. The highest BCUT2D eigenvalue weighted by Crippen LogP contribution is 2.27. The lowest BCUT2D eigenvalue weighted by atomic mass is 10.1. The average Bonchev–Trinajstić information content (AvgIpc) is 2.60. The molecule has 2 aromatic carbocycles. The van der Waals surface area contributed by atoms with Gasteiger partial charge in [0.2, 0.25) is 0 Å². The molecule has 1 aromatic heterocycles. The first-order valence-electron chi connectivity index (χ1n) is 7.48. The lowest BCUT2D eigenvalue weighted by Gasteiger charge is -2.11. The minimum absolute atomic E-state index is 0.0343. The maximum atomic E-state index is 13.8. The second kappa shape index (κ2) is 7.01. The van der Waals surface area contributed by atoms with Gasteiger partial charge in [-0.3, -0.25) is 4.72 Å². The maximum Gasteiger partial charge on any atom is 0.263 e. The third-order valence-electron chi connectivity index (χ3n) is 3.77. The zero-order chi connectivity index (χ0) is 18.9. The van der Waals surface area contributed by atoms with Crippen molar-refractivity contribution in [2.24, 2.45) is 0 Å². The smallest absolute Gasteiger partial charge is 0.263 e. The van der Waals surface area contributed by atoms with Gasteiger partial charge in [0.15, 0.2) is 11.6 Å². The van der Waals surface area contributed by atoms with E-state index in [-0.39, 0.29) is 16.3 Å². The number of nitrogens with zero attached hydrogens (tertiary/aromatic N) is 1. The van der Waals surface area contributed by atoms with E-state index in [0.29, 0.717) is 16.1 Å². The first-order valence-corrected chi connectivity index (χ1v) is 9.34. The summed E-state index contributed by atoms with van der Waals surface area (Å²) in [6.45, 7) is 1.60. The number of benzene rings is 2. The molecule has 0 bridgehead atoms. The second-order valence-corrected chi connectivity index (χ2v) is 7.56. The molecule has 0 unspecified atom stereocenters. The largest absolute Gasteiger partial charge is 0.263 e. The van der Waals surface area contributed by atoms with Crippen LogP contribution in [0.4, 0.5) is 14.6 Å². The van der Waals surface area contributed by atoms with Crippen LogP contribution in [0.15, 0.2) is 59.6 Å². The molecule has 26 heavy (non-hydrogen) atoms. The molecule has 134 valence electrons. The predicted octanol–water partition coefficient (Wildman–Crippen LogP) is 4.79. The summed E-state index contributed by atoms with van der Waals surface area (Å²) < 4.78 is 54.5. The molecule has 0 atom stereocenters. The van der Waals surface area contributed by atoms with Crippen molar-refractivity contribution in [1.29, 1.82) is 0 Å². The molecule has 0 radical (unpaired) electrons. The first kappa shape index (κ1) is 18.3. The number of hydrogen-bond acceptors (Lipinski definition) is 3. The van der Waals surface area contributed by atoms with Gasteiger partial charge in [0, 0.05) is 22.3 Å². The summed E-state index contributed by atoms with van der Waals surface area (Å²) in [4.78, 5) is 4.01. The van der Waals surface area contributed by atoms with Gasteiger partial charge in [-0.2, -0.15) is 0 Å². The van der Waals surface area contributed by atoms with Crippen molar-refractivity contribution in [3.63, 3.8) is 0 Å². The van der Waals surface area contributed by atoms with Gasteiger partial charge >= 0.3 is 0 Å². The van der Waals surface area contributed by atoms with Gasteiger partial charge in [-0.25, -0.2) is 22.2 Å². The Hall–Kier alpha value is -2.51. The Labute approximate surface area is 154 Å². The van der Waals surface area contributed by atoms with Gasteiger partial charge in [0.25, 0.3) is 10.0 Å². The van der Waals surface area contributed by atoms with Crippen molar-refractivity contribution < 1.29 is 17.2 Å². The van der Waals surface area contributed by atoms with Crippen LogP contribution in [-0.2, 0) is 10.0 Å². The number of anilines is 1. The van der Waals surface area contributed by atoms with E-state index in [1.54, 1.807) is 13.0 Å². The van der Waals surface area contributed by atoms with Gasteiger partial charge < -0.3 is 0 Å². The van der Waals surface area contributed by atoms with Crippen molar-refractivity contribution in [1.82, 2.24) is 4.98 Å². The molecule has 1 heterocycles. The molecule has 3 aromatic rings. The third kappa shape index (κ3) is 3.54. The summed E-state index contributed by atoms with van der Waals surface area (Å²) >= 11 is 5.97. The molecule has 0 saturated carbocycles. The molecule has 0 aliphatic heterocycles. The Morgan fingerprint density at radius 1 is 1.04 bits per heavy atom. The van der Waals surface area contributed by atoms with Crippen molar-refractivity contribution >= 4 is 27.4 Å². The van der Waals surface area contributed by atoms with Gasteiger partial charge in [-0.15, -0.1) is 0 Å². The summed E-state index contributed by atoms with van der Waals surface area (Å²) in [7, 11) is -3.89. The van der Waals surface area contributed by atoms with Crippen molar-refractivity contribution in [3.8, 4) is 11.1 Å². The van der Waals surface area contributed by atoms with Crippen LogP contribution < -0.4 is 4.72 Å². The van der Waals surface area contributed by atoms with Crippen molar-refractivity contribution in [2.45, 2.75) is 11.8 Å². The van der Waals surface area contributed by atoms with Crippen LogP contribution in [0.3, 0.4) is 0 Å². The number of pyridine rings is 1. The summed E-state index contributed by atoms with van der Waals surface area (Å²) in [6.07, 6.45) is 1.26. The van der Waals surface area contributed by atoms with Crippen molar-refractivity contribution in [3.05, 3.63) is 76.9 Å². The third-order valence-corrected chi connectivity index (χ3v) is 5.68. The zero-order valence-electron chi connectivity index (χ0n) is 13.5. The van der Waals surface area contributed by atoms with E-state index in [1.807, 2.05) is 0 Å². The van der Waals surface area contributed by atoms with E-state index in [9.17, 15) is 17.2 Å². The van der Waals surface area contributed by atoms with Crippen LogP contribution in [0.2, 0.25) is 5.02 Å². The van der Waals surface area contributed by atoms with Crippen molar-refractivity contribution in [2.75, 3.05) is 4.72 Å². The predicted molar refractivity (Wildman–Crippen MR) is 96.6 cm³/mol. The van der Waals surface area contributed by atoms with E-state index in [2.05, 4.69) is 9.71 Å². The van der Waals surface area contributed by atoms with Crippen LogP contribution in [0.1, 0.15) is 5.56 Å². The molecule has 0 amide bonds. The van der Waals surface area contributed by atoms with Gasteiger partial charge in [0.05, 0.1) is 4.90 Å². The molecule has 0 fully saturated rings. The molecule has 3 rings (SSSR count). The summed E-state index contributed by atoms with van der Waals surface area (Å²) in [5.74, 6) is -1.91. The van der Waals surface area contributed by atoms with E-state index in [4.69, 9.17) is 11.6 Å². The minimum atomic E-state index is -3.89. The molecule has 1 N–H and O–H groups in total. The van der Waals surface area contributed by atoms with E-state index in [0.717, 1.165) is 6.07 Å². The SMILES string of the molecule is Cc1c(Cl)cccc1S(=O)(=O)Nc1ccc(-c2cccc(F)c2F)cn1. The highest BCUT2D eigenvalue weighted by atomic mass is 35.5. The van der Waals surface area contributed by atoms with Crippen LogP contribution in [0.25, 0.3) is 11.1 Å². The molecular formula is C18H13ClF2N2O2S. The maximum absolute atomic E-state index is 13.8. The lowest BCUT2D eigenvalue weighted by Crippen LogP contribution is -2.15. The van der Waals surface area contributed by atoms with Gasteiger partial charge in [-0.1, -0.05) is 29.8 Å². The van der Waals surface area contributed by atoms with Crippen LogP contribution in [0.5, 0.6) is 0 Å². The topological polar surface area (TPSA) is 59.1 Å². The summed E-state index contributed by atoms with van der Waals surface area (Å²) in [6, 6.07) is 11.2. The molecule has 4 nitrogen and oxygen atoms in total. The Bertz CT molecular complexity index is 1070. The molecule has 8 heteroatoms. The summed E-state index contributed by atoms with van der Waals surface area (Å²) in [5, 5.41) is 0.331. The number of rotatable bonds is 4. The second-order valence-electron chi connectivity index (χ2n) is 5.50. The molecule has 0 aliphatic carbocycles. The number of hydrogen-bond donors (Lipinski definition) is 1. The number of halogens is 3. The fourth-order valence-electron chi connectivity index (χ4n) is 2.41. The minimum Gasteiger partial charge on any atom is -0.263 e. The zero-order valence-corrected chi connectivity index (χ0v) is 15.1. The first-order chi connectivity index (χ1) is 12.3. The van der Waals surface area contributed by atoms with E-state index < -0.39 is 21.7 Å². The van der Waals surface area contributed by atoms with E-state index in [1.165, 1.54) is 42.6 Å². The van der Waals surface area contributed by atoms with Crippen LogP contribution in [-0.4, -0.2) is 13.4 Å². The molecule has 0 aliphatic rings. The monoisotopic (exact) mass is 394 g/mol. The molecule has 0 saturated heterocycles. The summed E-state index contributed by atoms with van der Waals surface area (Å²) in [5.41, 5.74) is 0.779. The van der Waals surface area contributed by atoms with Gasteiger partial charge in [-0.05, 0) is 42.8 Å². The average molecular weight is 395 g/mol. The Morgan fingerprint density at radius 3 is 2.46 bits per heavy atom. The fraction of sp³-hybridized carbons (Fsp3) is 0.0556. The van der Waals surface area contributed by atoms with E-state index >= 15 is 0 Å². The standard InChI is InChI=1S/C18H13ClF2N2O2S/c1-11-14(19)5-3-7-16(11)26(24,25)23-17-9-8-12(10-22-17)13-4-2-6-15(20)18(13)21/h2-10H,1H3,(H,22,23). The normalized spacial score (nSPS) is 11.4. The Balaban J connectivity index is 1.90. The number of aromatic nitrogens is 1. The van der Waals surface area contributed by atoms with Crippen LogP contribution in [0, 0.1) is 18.6 Å². The highest BCUT2D eigenvalue weighted by Gasteiger charge is 2.19. The number of nitrogens with one attached hydrogen (secondary N) is 1. The van der Waals surface area contributed by atoms with Crippen LogP contribution >= 0.6 is 11.6 Å². The van der Waals surface area contributed by atoms with Gasteiger partial charge in [0.1, 0.15) is 5.82 Å². The molecular weight excluding hydrogens is 382 g/mol. The highest BCUT2D eigenvalue weighted by molar-refractivity contribution is 7.92. The number of sulfonamides is 1. The lowest BCUT2D eigenvalue weighted by molar-refractivity contribution is 0.511.